The monoisotopic (exact) mass is 416 g/mol. The van der Waals surface area contributed by atoms with Gasteiger partial charge in [0.2, 0.25) is 0 Å². The Bertz CT molecular complexity index is 996. The molecule has 0 aliphatic carbocycles. The maximum atomic E-state index is 4.96. The first kappa shape index (κ1) is 20.5. The third-order valence-corrected chi connectivity index (χ3v) is 5.95. The van der Waals surface area contributed by atoms with Crippen molar-refractivity contribution in [2.45, 2.75) is 44.4 Å². The molecule has 0 aliphatic heterocycles. The average Bonchev–Trinajstić information content (AvgIpc) is 3.41. The molecule has 4 aromatic rings. The molecule has 0 saturated carbocycles. The summed E-state index contributed by atoms with van der Waals surface area (Å²) in [5.41, 5.74) is 4.32. The first-order chi connectivity index (χ1) is 14.7. The van der Waals surface area contributed by atoms with Crippen molar-refractivity contribution in [3.8, 4) is 22.5 Å². The molecule has 0 aliphatic rings. The third-order valence-electron chi connectivity index (χ3n) is 5.45. The topological polar surface area (TPSA) is 46.5 Å². The van der Waals surface area contributed by atoms with Crippen LogP contribution in [0.4, 0.5) is 0 Å². The fourth-order valence-corrected chi connectivity index (χ4v) is 4.05. The molecular weight excluding hydrogens is 388 g/mol. The minimum atomic E-state index is 0.0971. The molecule has 0 spiro atoms. The van der Waals surface area contributed by atoms with Crippen molar-refractivity contribution in [1.82, 2.24) is 19.5 Å². The maximum absolute atomic E-state index is 4.96. The quantitative estimate of drug-likeness (QED) is 0.242. The summed E-state index contributed by atoms with van der Waals surface area (Å²) < 4.78 is 2.21. The summed E-state index contributed by atoms with van der Waals surface area (Å²) >= 11 is 4.87. The van der Waals surface area contributed by atoms with Gasteiger partial charge >= 0.3 is 0 Å². The standard InChI is InChI=1S/C25H28N4S/c1-19-26-16-18-29(19)17-10-4-9-15-22(30)25-27-23(20-11-5-2-6-12-20)24(28-25)21-13-7-3-8-14-21/h2-3,5-8,11-14,16,18,22,30H,4,9-10,15,17H2,1H3,(H,27,28). The van der Waals surface area contributed by atoms with Crippen molar-refractivity contribution in [3.05, 3.63) is 84.7 Å². The van der Waals surface area contributed by atoms with Crippen LogP contribution in [-0.4, -0.2) is 19.5 Å². The van der Waals surface area contributed by atoms with Gasteiger partial charge in [-0.3, -0.25) is 0 Å². The molecule has 0 bridgehead atoms. The van der Waals surface area contributed by atoms with E-state index >= 15 is 0 Å². The van der Waals surface area contributed by atoms with Gasteiger partial charge in [-0.05, 0) is 19.8 Å². The second kappa shape index (κ2) is 9.81. The second-order valence-corrected chi connectivity index (χ2v) is 8.23. The van der Waals surface area contributed by atoms with Crippen LogP contribution < -0.4 is 0 Å². The number of hydrogen-bond acceptors (Lipinski definition) is 3. The van der Waals surface area contributed by atoms with E-state index in [1.807, 2.05) is 18.3 Å². The zero-order valence-corrected chi connectivity index (χ0v) is 18.2. The number of hydrogen-bond donors (Lipinski definition) is 2. The zero-order chi connectivity index (χ0) is 20.8. The molecule has 4 nitrogen and oxygen atoms in total. The largest absolute Gasteiger partial charge is 0.341 e. The van der Waals surface area contributed by atoms with Gasteiger partial charge in [0, 0.05) is 30.1 Å². The van der Waals surface area contributed by atoms with Gasteiger partial charge in [-0.2, -0.15) is 12.6 Å². The normalized spacial score (nSPS) is 12.2. The number of imidazole rings is 2. The summed E-state index contributed by atoms with van der Waals surface area (Å²) in [7, 11) is 0. The van der Waals surface area contributed by atoms with Crippen LogP contribution in [0.25, 0.3) is 22.5 Å². The lowest BCUT2D eigenvalue weighted by molar-refractivity contribution is 0.559. The van der Waals surface area contributed by atoms with E-state index in [2.05, 4.69) is 76.2 Å². The van der Waals surface area contributed by atoms with E-state index in [0.29, 0.717) is 0 Å². The van der Waals surface area contributed by atoms with E-state index in [1.165, 1.54) is 6.42 Å². The van der Waals surface area contributed by atoms with Crippen molar-refractivity contribution in [3.63, 3.8) is 0 Å². The molecule has 0 fully saturated rings. The zero-order valence-electron chi connectivity index (χ0n) is 17.3. The molecule has 1 atom stereocenters. The van der Waals surface area contributed by atoms with Gasteiger partial charge in [0.1, 0.15) is 11.6 Å². The summed E-state index contributed by atoms with van der Waals surface area (Å²) in [5, 5.41) is 0.0971. The number of nitrogens with one attached hydrogen (secondary N) is 1. The Morgan fingerprint density at radius 1 is 0.933 bits per heavy atom. The fraction of sp³-hybridized carbons (Fsp3) is 0.280. The van der Waals surface area contributed by atoms with Gasteiger partial charge in [0.25, 0.3) is 0 Å². The van der Waals surface area contributed by atoms with E-state index < -0.39 is 0 Å². The Hall–Kier alpha value is -2.79. The van der Waals surface area contributed by atoms with Gasteiger partial charge in [-0.25, -0.2) is 9.97 Å². The number of rotatable bonds is 9. The second-order valence-electron chi connectivity index (χ2n) is 7.61. The molecule has 1 N–H and O–H groups in total. The molecule has 2 aromatic carbocycles. The van der Waals surface area contributed by atoms with E-state index in [0.717, 1.165) is 60.0 Å². The Labute approximate surface area is 183 Å². The molecule has 0 saturated heterocycles. The summed E-state index contributed by atoms with van der Waals surface area (Å²) in [6.07, 6.45) is 8.37. The predicted octanol–water partition coefficient (Wildman–Crippen LogP) is 6.48. The van der Waals surface area contributed by atoms with E-state index in [4.69, 9.17) is 17.6 Å². The van der Waals surface area contributed by atoms with Crippen LogP contribution in [0.15, 0.2) is 73.1 Å². The van der Waals surface area contributed by atoms with Crippen molar-refractivity contribution < 1.29 is 0 Å². The number of nitrogens with zero attached hydrogens (tertiary/aromatic N) is 3. The van der Waals surface area contributed by atoms with Crippen molar-refractivity contribution in [1.29, 1.82) is 0 Å². The van der Waals surface area contributed by atoms with E-state index in [-0.39, 0.29) is 5.25 Å². The molecule has 154 valence electrons. The Kier molecular flexibility index (Phi) is 6.70. The molecule has 30 heavy (non-hydrogen) atoms. The Balaban J connectivity index is 1.43. The van der Waals surface area contributed by atoms with Crippen LogP contribution in [0.5, 0.6) is 0 Å². The average molecular weight is 417 g/mol. The summed E-state index contributed by atoms with van der Waals surface area (Å²) in [6.45, 7) is 3.08. The highest BCUT2D eigenvalue weighted by Gasteiger charge is 2.18. The lowest BCUT2D eigenvalue weighted by Crippen LogP contribution is -2.00. The number of H-pyrrole nitrogens is 1. The molecule has 5 heteroatoms. The minimum Gasteiger partial charge on any atom is -0.341 e. The Morgan fingerprint density at radius 2 is 1.63 bits per heavy atom. The van der Waals surface area contributed by atoms with E-state index in [9.17, 15) is 0 Å². The lowest BCUT2D eigenvalue weighted by atomic mass is 10.1. The summed E-state index contributed by atoms with van der Waals surface area (Å²) in [4.78, 5) is 12.8. The molecule has 2 aromatic heterocycles. The van der Waals surface area contributed by atoms with Crippen LogP contribution in [0.1, 0.15) is 42.6 Å². The van der Waals surface area contributed by atoms with Crippen molar-refractivity contribution in [2.75, 3.05) is 0 Å². The van der Waals surface area contributed by atoms with Gasteiger partial charge in [-0.1, -0.05) is 73.5 Å². The van der Waals surface area contributed by atoms with Crippen LogP contribution in [0, 0.1) is 6.92 Å². The van der Waals surface area contributed by atoms with Gasteiger partial charge < -0.3 is 9.55 Å². The highest BCUT2D eigenvalue weighted by Crippen LogP contribution is 2.34. The number of unbranched alkanes of at least 4 members (excludes halogenated alkanes) is 2. The highest BCUT2D eigenvalue weighted by molar-refractivity contribution is 7.80. The highest BCUT2D eigenvalue weighted by atomic mass is 32.1. The van der Waals surface area contributed by atoms with Gasteiger partial charge in [0.05, 0.1) is 16.6 Å². The maximum Gasteiger partial charge on any atom is 0.120 e. The molecule has 1 unspecified atom stereocenters. The SMILES string of the molecule is Cc1nccn1CCCCCC(S)c1nc(-c2ccccc2)c(-c2ccccc2)[nH]1. The minimum absolute atomic E-state index is 0.0971. The van der Waals surface area contributed by atoms with Gasteiger partial charge in [0.15, 0.2) is 0 Å². The summed E-state index contributed by atoms with van der Waals surface area (Å²) in [5.74, 6) is 2.03. The van der Waals surface area contributed by atoms with E-state index in [1.54, 1.807) is 0 Å². The van der Waals surface area contributed by atoms with Crippen molar-refractivity contribution in [2.24, 2.45) is 0 Å². The number of thiol groups is 1. The lowest BCUT2D eigenvalue weighted by Gasteiger charge is -2.08. The summed E-state index contributed by atoms with van der Waals surface area (Å²) in [6, 6.07) is 20.8. The van der Waals surface area contributed by atoms with Crippen molar-refractivity contribution >= 4 is 12.6 Å². The molecule has 0 amide bonds. The van der Waals surface area contributed by atoms with Gasteiger partial charge in [-0.15, -0.1) is 0 Å². The molecule has 2 heterocycles. The van der Waals surface area contributed by atoms with Crippen LogP contribution >= 0.6 is 12.6 Å². The third kappa shape index (κ3) is 4.85. The Morgan fingerprint density at radius 3 is 2.30 bits per heavy atom. The van der Waals surface area contributed by atoms with Crippen LogP contribution in [-0.2, 0) is 6.54 Å². The number of aromatic nitrogens is 4. The number of aromatic amines is 1. The number of aryl methyl sites for hydroxylation is 2. The van der Waals surface area contributed by atoms with Crippen LogP contribution in [0.2, 0.25) is 0 Å². The molecular formula is C25H28N4S. The fourth-order valence-electron chi connectivity index (χ4n) is 3.74. The molecule has 4 rings (SSSR count). The first-order valence-electron chi connectivity index (χ1n) is 10.6. The first-order valence-corrected chi connectivity index (χ1v) is 11.1. The smallest absolute Gasteiger partial charge is 0.120 e. The van der Waals surface area contributed by atoms with Crippen LogP contribution in [0.3, 0.4) is 0 Å². The number of benzene rings is 2. The molecule has 0 radical (unpaired) electrons. The predicted molar refractivity (Wildman–Crippen MR) is 127 cm³/mol.